The Kier molecular flexibility index (Phi) is 181. The number of amides is 4. The van der Waals surface area contributed by atoms with Gasteiger partial charge in [-0.15, -0.1) is 0 Å². The summed E-state index contributed by atoms with van der Waals surface area (Å²) < 4.78 is 0. The van der Waals surface area contributed by atoms with Gasteiger partial charge in [-0.2, -0.15) is 0 Å². The second kappa shape index (κ2) is 129. The summed E-state index contributed by atoms with van der Waals surface area (Å²) in [4.78, 5) is 134. The third-order valence-electron chi connectivity index (χ3n) is 13.1. The molecular formula is C79H164N12O14. The van der Waals surface area contributed by atoms with Crippen molar-refractivity contribution in [1.82, 2.24) is 38.9 Å². The zero-order valence-corrected chi connectivity index (χ0v) is 70.9. The molecule has 0 aromatic heterocycles. The van der Waals surface area contributed by atoms with Crippen LogP contribution in [0.5, 0.6) is 0 Å². The first-order chi connectivity index (χ1) is 48.9. The van der Waals surface area contributed by atoms with Crippen LogP contribution in [0.3, 0.4) is 0 Å². The lowest BCUT2D eigenvalue weighted by molar-refractivity contribution is -0.141. The number of piperidine rings is 1. The second-order valence-electron chi connectivity index (χ2n) is 21.7. The molecule has 1 saturated heterocycles. The largest absolute Gasteiger partial charge is 0.394 e. The number of likely N-dealkylation sites (N-methyl/N-ethyl adjacent to an activating group) is 1. The van der Waals surface area contributed by atoms with Crippen LogP contribution in [0.1, 0.15) is 200 Å². The normalized spacial score (nSPS) is 10.4. The molecule has 0 aliphatic carbocycles. The van der Waals surface area contributed by atoms with Gasteiger partial charge in [-0.3, -0.25) is 24.0 Å². The number of nitrogens with two attached hydrogens (primary N) is 5. The van der Waals surface area contributed by atoms with Crippen LogP contribution in [0.15, 0.2) is 91.0 Å². The molecule has 22 N–H and O–H groups in total. The highest BCUT2D eigenvalue weighted by Gasteiger charge is 2.36. The Morgan fingerprint density at radius 1 is 0.467 bits per heavy atom. The van der Waals surface area contributed by atoms with Gasteiger partial charge in [0.25, 0.3) is 0 Å². The fourth-order valence-corrected chi connectivity index (χ4v) is 7.14. The topological polar surface area (TPSA) is 508 Å². The first-order valence-corrected chi connectivity index (χ1v) is 34.5. The molecule has 3 aromatic rings. The van der Waals surface area contributed by atoms with Crippen molar-refractivity contribution in [1.29, 1.82) is 0 Å². The Bertz CT molecular complexity index is 2000. The fourth-order valence-electron chi connectivity index (χ4n) is 7.14. The predicted molar refractivity (Wildman–Crippen MR) is 447 cm³/mol. The summed E-state index contributed by atoms with van der Waals surface area (Å²) in [5.74, 6) is -0.240. The van der Waals surface area contributed by atoms with E-state index in [1.165, 1.54) is 71.0 Å². The van der Waals surface area contributed by atoms with E-state index in [1.54, 1.807) is 20.9 Å². The number of hydrogen-bond donors (Lipinski definition) is 11. The third kappa shape index (κ3) is 105. The van der Waals surface area contributed by atoms with E-state index in [2.05, 4.69) is 143 Å². The predicted octanol–water partition coefficient (Wildman–Crippen LogP) is 11.3. The molecule has 5 atom stereocenters. The van der Waals surface area contributed by atoms with Gasteiger partial charge in [0.05, 0.1) is 6.04 Å². The van der Waals surface area contributed by atoms with Crippen LogP contribution in [-0.2, 0) is 81.6 Å². The van der Waals surface area contributed by atoms with Gasteiger partial charge in [0.15, 0.2) is 5.78 Å². The van der Waals surface area contributed by atoms with Gasteiger partial charge in [-0.1, -0.05) is 221 Å². The highest BCUT2D eigenvalue weighted by Crippen LogP contribution is 2.22. The van der Waals surface area contributed by atoms with Gasteiger partial charge in [0, 0.05) is 45.5 Å². The summed E-state index contributed by atoms with van der Waals surface area (Å²) in [6.07, 6.45) is 9.12. The van der Waals surface area contributed by atoms with E-state index in [4.69, 9.17) is 43.5 Å². The minimum Gasteiger partial charge on any atom is -0.394 e. The molecule has 26 heteroatoms. The van der Waals surface area contributed by atoms with Gasteiger partial charge in [0.1, 0.15) is 66.4 Å². The van der Waals surface area contributed by atoms with Crippen LogP contribution in [0.4, 0.5) is 0 Å². The molecule has 0 spiro atoms. The number of aliphatic hydroxyl groups is 1. The molecule has 0 bridgehead atoms. The van der Waals surface area contributed by atoms with Crippen LogP contribution in [0.2, 0.25) is 0 Å². The molecule has 1 heterocycles. The van der Waals surface area contributed by atoms with E-state index in [-0.39, 0.29) is 84.6 Å². The molecule has 624 valence electrons. The number of benzene rings is 3. The quantitative estimate of drug-likeness (QED) is 0.0500. The van der Waals surface area contributed by atoms with Gasteiger partial charge in [-0.25, -0.2) is 0 Å². The lowest BCUT2D eigenvalue weighted by Crippen LogP contribution is -2.55. The van der Waals surface area contributed by atoms with Crippen molar-refractivity contribution in [3.8, 4) is 0 Å². The average Bonchev–Trinajstić information content (AvgIpc) is 0.885. The SMILES string of the molecule is C=O.C=O.C=O.C=O.C=O.C=O.C=O.C=O.CC.CC(C)O.CCC(C)C.CCC(C)C.CC[C@H](C)[C@H](NC(=O)[C@@H](CC(=O)[C@H](Cc1ccccc1)NC(=O)[C@H](CC(C)C)N(C)C(C)=O)C(C)C)C(=O)N1CCCCC1.CCc1ccccc1.CCc1ccccc1.CN.CN.CN.CN.CN.N.N.N. The highest BCUT2D eigenvalue weighted by molar-refractivity contribution is 5.96. The number of Topliss-reactive ketones (excluding diaryl/α,β-unsaturated/α-hetero) is 1. The molecule has 1 aliphatic rings. The summed E-state index contributed by atoms with van der Waals surface area (Å²) in [6, 6.07) is 28.1. The van der Waals surface area contributed by atoms with E-state index >= 15 is 0 Å². The maximum absolute atomic E-state index is 14.0. The lowest BCUT2D eigenvalue weighted by atomic mass is 9.86. The summed E-state index contributed by atoms with van der Waals surface area (Å²) in [5, 5.41) is 14.0. The van der Waals surface area contributed by atoms with Crippen molar-refractivity contribution >= 4 is 83.7 Å². The van der Waals surface area contributed by atoms with Gasteiger partial charge in [-0.05, 0) is 140 Å². The Balaban J connectivity index is -0.0000000581. The molecule has 4 amide bonds. The van der Waals surface area contributed by atoms with E-state index < -0.39 is 24.0 Å². The Morgan fingerprint density at radius 3 is 0.981 bits per heavy atom. The number of rotatable bonds is 20. The van der Waals surface area contributed by atoms with Gasteiger partial charge in [0.2, 0.25) is 23.6 Å². The smallest absolute Gasteiger partial charge is 0.245 e. The molecule has 26 nitrogen and oxygen atoms in total. The van der Waals surface area contributed by atoms with E-state index in [1.807, 2.05) is 157 Å². The monoisotopic (exact) mass is 1510 g/mol. The Hall–Kier alpha value is -7.79. The Morgan fingerprint density at radius 2 is 0.752 bits per heavy atom. The number of carbonyl (C=O) groups excluding carboxylic acids is 13. The number of hydrogen-bond acceptors (Lipinski definition) is 22. The van der Waals surface area contributed by atoms with E-state index in [0.29, 0.717) is 19.5 Å². The van der Waals surface area contributed by atoms with Crippen molar-refractivity contribution < 1.29 is 67.4 Å². The van der Waals surface area contributed by atoms with Crippen LogP contribution < -0.4 is 57.8 Å². The number of likely N-dealkylation sites (tertiary alicyclic amines) is 1. The van der Waals surface area contributed by atoms with E-state index in [0.717, 1.165) is 55.9 Å². The lowest BCUT2D eigenvalue weighted by Gasteiger charge is -2.34. The summed E-state index contributed by atoms with van der Waals surface area (Å²) >= 11 is 0. The van der Waals surface area contributed by atoms with Crippen molar-refractivity contribution in [3.05, 3.63) is 108 Å². The first kappa shape index (κ1) is 147. The summed E-state index contributed by atoms with van der Waals surface area (Å²) in [7, 11) is 9.10. The molecule has 1 fully saturated rings. The van der Waals surface area contributed by atoms with E-state index in [9.17, 15) is 24.0 Å². The number of ketones is 1. The van der Waals surface area contributed by atoms with Gasteiger partial charge < -0.3 is 111 Å². The molecule has 105 heavy (non-hydrogen) atoms. The second-order valence-corrected chi connectivity index (χ2v) is 21.7. The van der Waals surface area contributed by atoms with Crippen LogP contribution in [-0.4, -0.2) is 178 Å². The minimum absolute atomic E-state index is 0. The molecule has 3 aromatic carbocycles. The highest BCUT2D eigenvalue weighted by atomic mass is 16.3. The minimum atomic E-state index is -0.880. The number of carbonyl (C=O) groups is 13. The van der Waals surface area contributed by atoms with Crippen LogP contribution in [0.25, 0.3) is 0 Å². The van der Waals surface area contributed by atoms with Crippen LogP contribution in [0, 0.1) is 35.5 Å². The van der Waals surface area contributed by atoms with Crippen molar-refractivity contribution in [2.75, 3.05) is 55.4 Å². The maximum Gasteiger partial charge on any atom is 0.245 e. The van der Waals surface area contributed by atoms with Crippen molar-refractivity contribution in [3.63, 3.8) is 0 Å². The van der Waals surface area contributed by atoms with Crippen LogP contribution >= 0.6 is 0 Å². The maximum atomic E-state index is 14.0. The molecular weight excluding hydrogens is 1340 g/mol. The van der Waals surface area contributed by atoms with Gasteiger partial charge >= 0.3 is 0 Å². The Labute approximate surface area is 641 Å². The standard InChI is InChI=1S/C35H56N4O5.2C8H10.2C5H12.C3H8O.C2H6.5CH5N.8CH2O.3H3N/c1-9-25(6)32(35(44)39-18-14-11-15-19-39)37-33(42)28(24(4)5)22-31(41)29(21-27-16-12-10-13-17-27)36-34(43)30(20-23(2)3)38(8)26(7)40;2*1-2-8-6-4-3-5-7-8;2*1-4-5(2)3;1-3(2)4;14*1-2;;;/h10,12-13,16-17,23-25,28-30,32H,9,11,14-15,18-22H2,1-8H3,(H,36,43)(H,37,42);2*3-7H,2H2,1H3;2*5H,4H2,1-3H3;3-4H,1-2H3;1-2H3;5*2H2,1H3;8*1H2;3*1H3/t25-,28-,29-,30-,32-;;;;;;;;;;;;;;;;;;;;;;/m0....................../s1. The van der Waals surface area contributed by atoms with Crippen molar-refractivity contribution in [2.45, 2.75) is 226 Å². The molecule has 0 radical (unpaired) electrons. The number of aryl methyl sites for hydroxylation is 2. The summed E-state index contributed by atoms with van der Waals surface area (Å²) in [6.45, 7) is 55.6. The zero-order chi connectivity index (χ0) is 84.8. The number of nitrogens with one attached hydrogen (secondary N) is 2. The molecule has 4 rings (SSSR count). The number of aliphatic hydroxyl groups excluding tert-OH is 1. The summed E-state index contributed by atoms with van der Waals surface area (Å²) in [5.41, 5.74) is 26.2. The number of nitrogens with zero attached hydrogens (tertiary/aromatic N) is 2. The average molecular weight is 1510 g/mol. The third-order valence-corrected chi connectivity index (χ3v) is 13.1. The zero-order valence-electron chi connectivity index (χ0n) is 70.9. The first-order valence-electron chi connectivity index (χ1n) is 34.5. The fraction of sp³-hybridized carbons (Fsp3) is 0.608. The molecule has 0 unspecified atom stereocenters. The van der Waals surface area contributed by atoms with Crippen molar-refractivity contribution in [2.24, 2.45) is 64.2 Å². The molecule has 0 saturated carbocycles. The molecule has 1 aliphatic heterocycles.